The Hall–Kier alpha value is 0.177. The highest BCUT2D eigenvalue weighted by molar-refractivity contribution is 6.27. The summed E-state index contributed by atoms with van der Waals surface area (Å²) in [5.41, 5.74) is 0.653. The van der Waals surface area contributed by atoms with Crippen LogP contribution in [0.2, 0.25) is 5.54 Å². The van der Waals surface area contributed by atoms with E-state index in [0.717, 1.165) is 0 Å². The Morgan fingerprint density at radius 3 is 1.90 bits per heavy atom. The molecule has 1 fully saturated rings. The molecule has 2 heteroatoms. The van der Waals surface area contributed by atoms with Gasteiger partial charge in [0.05, 0.1) is 0 Å². The van der Waals surface area contributed by atoms with Crippen LogP contribution in [0.4, 0.5) is 0 Å². The van der Waals surface area contributed by atoms with Crippen molar-refractivity contribution < 1.29 is 4.80 Å². The summed E-state index contributed by atoms with van der Waals surface area (Å²) in [5.74, 6) is 0. The van der Waals surface area contributed by atoms with E-state index in [-0.39, 0.29) is 9.76 Å². The molecule has 0 spiro atoms. The lowest BCUT2D eigenvalue weighted by molar-refractivity contribution is 0.472. The quantitative estimate of drug-likeness (QED) is 0.577. The molecule has 0 aromatic rings. The van der Waals surface area contributed by atoms with Crippen molar-refractivity contribution in [3.05, 3.63) is 0 Å². The first kappa shape index (κ1) is 8.28. The van der Waals surface area contributed by atoms with Gasteiger partial charge in [-0.25, -0.2) is 0 Å². The zero-order valence-electron chi connectivity index (χ0n) is 6.47. The molecule has 1 saturated carbocycles. The summed E-state index contributed by atoms with van der Waals surface area (Å²) in [6.45, 7) is 0. The van der Waals surface area contributed by atoms with E-state index in [1.807, 2.05) is 0 Å². The summed E-state index contributed by atoms with van der Waals surface area (Å²) in [6.07, 6.45) is 9.43. The molecule has 0 saturated heterocycles. The van der Waals surface area contributed by atoms with Gasteiger partial charge < -0.3 is 4.80 Å². The monoisotopic (exact) mass is 156 g/mol. The minimum atomic E-state index is 0.199. The molecule has 58 valence electrons. The summed E-state index contributed by atoms with van der Waals surface area (Å²) in [6, 6.07) is 0. The van der Waals surface area contributed by atoms with Gasteiger partial charge in [0.15, 0.2) is 0 Å². The normalized spacial score (nSPS) is 23.7. The van der Waals surface area contributed by atoms with Crippen molar-refractivity contribution in [3.63, 3.8) is 0 Å². The predicted octanol–water partition coefficient (Wildman–Crippen LogP) is 2.13. The number of rotatable bonds is 1. The third kappa shape index (κ3) is 2.84. The lowest BCUT2D eigenvalue weighted by Gasteiger charge is -2.15. The average molecular weight is 156 g/mol. The van der Waals surface area contributed by atoms with E-state index < -0.39 is 0 Å². The molecule has 0 aliphatic heterocycles. The lowest BCUT2D eigenvalue weighted by atomic mass is 10.0. The van der Waals surface area contributed by atoms with Crippen molar-refractivity contribution in [1.29, 1.82) is 0 Å². The zero-order chi connectivity index (χ0) is 7.23. The lowest BCUT2D eigenvalue weighted by Crippen LogP contribution is -2.05. The fraction of sp³-hybridized carbons (Fsp3) is 1.00. The van der Waals surface area contributed by atoms with Gasteiger partial charge in [-0.2, -0.15) is 0 Å². The van der Waals surface area contributed by atoms with E-state index in [0.29, 0.717) is 5.54 Å². The van der Waals surface area contributed by atoms with E-state index in [4.69, 9.17) is 4.80 Å². The van der Waals surface area contributed by atoms with Crippen LogP contribution in [0.3, 0.4) is 0 Å². The third-order valence-electron chi connectivity index (χ3n) is 2.29. The molecule has 1 rings (SSSR count). The Balaban J connectivity index is 2.16. The largest absolute Gasteiger partial charge is 0.431 e. The molecule has 1 aliphatic carbocycles. The Labute approximate surface area is 65.8 Å². The van der Waals surface area contributed by atoms with Crippen LogP contribution < -0.4 is 0 Å². The maximum atomic E-state index is 8.94. The molecule has 0 bridgehead atoms. The first-order valence-corrected chi connectivity index (χ1v) is 5.35. The Bertz CT molecular complexity index is 77.3. The van der Waals surface area contributed by atoms with Gasteiger partial charge in [-0.3, -0.25) is 0 Å². The molecule has 0 amide bonds. The summed E-state index contributed by atoms with van der Waals surface area (Å²) in [7, 11) is 0.199. The molecule has 1 nitrogen and oxygen atoms in total. The Morgan fingerprint density at radius 1 is 0.900 bits per heavy atom. The number of hydrogen-bond donors (Lipinski definition) is 1. The topological polar surface area (TPSA) is 20.2 Å². The van der Waals surface area contributed by atoms with Crippen LogP contribution in [0.15, 0.2) is 0 Å². The zero-order valence-corrected chi connectivity index (χ0v) is 7.47. The summed E-state index contributed by atoms with van der Waals surface area (Å²) in [4.78, 5) is 8.94. The van der Waals surface area contributed by atoms with Gasteiger partial charge in [0.25, 0.3) is 0 Å². The molecular formula is C8H16OSi. The first-order chi connectivity index (χ1) is 4.93. The van der Waals surface area contributed by atoms with E-state index in [2.05, 4.69) is 0 Å². The van der Waals surface area contributed by atoms with Crippen LogP contribution in [0.5, 0.6) is 0 Å². The summed E-state index contributed by atoms with van der Waals surface area (Å²) >= 11 is 0. The highest BCUT2D eigenvalue weighted by Crippen LogP contribution is 2.24. The molecule has 0 aromatic heterocycles. The fourth-order valence-corrected chi connectivity index (χ4v) is 2.25. The first-order valence-electron chi connectivity index (χ1n) is 4.33. The molecule has 2 radical (unpaired) electrons. The van der Waals surface area contributed by atoms with E-state index >= 15 is 0 Å². The van der Waals surface area contributed by atoms with Crippen LogP contribution in [0, 0.1) is 0 Å². The van der Waals surface area contributed by atoms with Gasteiger partial charge in [-0.05, 0) is 5.54 Å². The van der Waals surface area contributed by atoms with Crippen molar-refractivity contribution in [3.8, 4) is 0 Å². The number of hydrogen-bond acceptors (Lipinski definition) is 1. The van der Waals surface area contributed by atoms with Gasteiger partial charge in [0, 0.05) is 0 Å². The van der Waals surface area contributed by atoms with Crippen molar-refractivity contribution in [2.75, 3.05) is 0 Å². The summed E-state index contributed by atoms with van der Waals surface area (Å²) in [5, 5.41) is 0. The molecule has 1 N–H and O–H groups in total. The molecule has 1 aliphatic rings. The second kappa shape index (κ2) is 4.91. The highest BCUT2D eigenvalue weighted by atomic mass is 28.2. The van der Waals surface area contributed by atoms with Crippen molar-refractivity contribution in [1.82, 2.24) is 0 Å². The van der Waals surface area contributed by atoms with Gasteiger partial charge in [0.2, 0.25) is 9.76 Å². The van der Waals surface area contributed by atoms with Crippen LogP contribution in [0.25, 0.3) is 0 Å². The minimum absolute atomic E-state index is 0.199. The smallest absolute Gasteiger partial charge is 0.227 e. The standard InChI is InChI=1S/C8H16OSi/c9-10-8-6-4-2-1-3-5-7-8/h8-9H,1-7H2. The van der Waals surface area contributed by atoms with Crippen molar-refractivity contribution >= 4 is 9.76 Å². The van der Waals surface area contributed by atoms with Gasteiger partial charge in [-0.1, -0.05) is 44.9 Å². The minimum Gasteiger partial charge on any atom is -0.431 e. The molecule has 0 unspecified atom stereocenters. The fourth-order valence-electron chi connectivity index (χ4n) is 1.59. The van der Waals surface area contributed by atoms with Gasteiger partial charge in [-0.15, -0.1) is 0 Å². The predicted molar refractivity (Wildman–Crippen MR) is 44.0 cm³/mol. The van der Waals surface area contributed by atoms with E-state index in [1.165, 1.54) is 44.9 Å². The van der Waals surface area contributed by atoms with Crippen molar-refractivity contribution in [2.45, 2.75) is 50.5 Å². The van der Waals surface area contributed by atoms with Crippen LogP contribution in [-0.4, -0.2) is 14.6 Å². The molecule has 0 heterocycles. The SMILES string of the molecule is O[Si]C1CCCCCCC1. The van der Waals surface area contributed by atoms with E-state index in [9.17, 15) is 0 Å². The Morgan fingerprint density at radius 2 is 1.40 bits per heavy atom. The molecule has 10 heavy (non-hydrogen) atoms. The van der Waals surface area contributed by atoms with Crippen LogP contribution in [-0.2, 0) is 0 Å². The summed E-state index contributed by atoms with van der Waals surface area (Å²) < 4.78 is 0. The highest BCUT2D eigenvalue weighted by Gasteiger charge is 2.10. The molecule has 0 atom stereocenters. The van der Waals surface area contributed by atoms with Gasteiger partial charge in [0.1, 0.15) is 0 Å². The maximum absolute atomic E-state index is 8.94. The third-order valence-corrected chi connectivity index (χ3v) is 3.23. The molecule has 0 aromatic carbocycles. The van der Waals surface area contributed by atoms with Crippen molar-refractivity contribution in [2.24, 2.45) is 0 Å². The van der Waals surface area contributed by atoms with Gasteiger partial charge >= 0.3 is 0 Å². The molecular weight excluding hydrogens is 140 g/mol. The van der Waals surface area contributed by atoms with Crippen LogP contribution in [0.1, 0.15) is 44.9 Å². The average Bonchev–Trinajstić information content (AvgIpc) is 1.87. The Kier molecular flexibility index (Phi) is 4.06. The maximum Gasteiger partial charge on any atom is 0.227 e. The second-order valence-electron chi connectivity index (χ2n) is 3.17. The van der Waals surface area contributed by atoms with Crippen LogP contribution >= 0.6 is 0 Å². The second-order valence-corrected chi connectivity index (χ2v) is 4.25. The van der Waals surface area contributed by atoms with E-state index in [1.54, 1.807) is 0 Å².